The Morgan fingerprint density at radius 2 is 0.685 bits per heavy atom. The largest absolute Gasteiger partial charge is 0.394 e. The fraction of sp³-hybridized carbons (Fsp3) is 0.747. The molecule has 0 bridgehead atoms. The second-order valence-electron chi connectivity index (χ2n) is 26.4. The first-order chi connectivity index (χ1) is 45.3. The van der Waals surface area contributed by atoms with Crippen LogP contribution in [0.15, 0.2) is 122 Å². The van der Waals surface area contributed by atoms with Crippen molar-refractivity contribution in [2.75, 3.05) is 13.2 Å². The molecule has 1 fully saturated rings. The van der Waals surface area contributed by atoms with Gasteiger partial charge in [0.2, 0.25) is 5.91 Å². The summed E-state index contributed by atoms with van der Waals surface area (Å²) in [5, 5.41) is 54.8. The second-order valence-corrected chi connectivity index (χ2v) is 26.4. The lowest BCUT2D eigenvalue weighted by Crippen LogP contribution is -2.60. The van der Waals surface area contributed by atoms with E-state index in [0.29, 0.717) is 6.42 Å². The third kappa shape index (κ3) is 58.0. The zero-order valence-corrected chi connectivity index (χ0v) is 59.5. The van der Waals surface area contributed by atoms with Gasteiger partial charge in [0.15, 0.2) is 6.29 Å². The van der Waals surface area contributed by atoms with Crippen LogP contribution >= 0.6 is 0 Å². The van der Waals surface area contributed by atoms with Crippen molar-refractivity contribution >= 4 is 5.91 Å². The second kappa shape index (κ2) is 70.4. The minimum atomic E-state index is -1.58. The number of hydrogen-bond donors (Lipinski definition) is 6. The number of carbonyl (C=O) groups is 1. The molecule has 0 spiro atoms. The van der Waals surface area contributed by atoms with Gasteiger partial charge in [0.1, 0.15) is 24.4 Å². The average Bonchev–Trinajstić information content (AvgIpc) is 1.00. The highest BCUT2D eigenvalue weighted by Gasteiger charge is 2.44. The topological polar surface area (TPSA) is 149 Å². The SMILES string of the molecule is CC/C=C\C/C=C\C/C=C\C/C=C\C/C=C\C/C=C\C/C=C\C/C=C\CCCCCCCCCCCCCCCCCCC(=O)NC(COC1OC(CO)C(O)C(O)C1O)C(O)/C=C/CC/C=C/CCCCCCCCCCCCCCCCCCCCCCCC. The van der Waals surface area contributed by atoms with Crippen molar-refractivity contribution < 1.29 is 39.8 Å². The van der Waals surface area contributed by atoms with Crippen molar-refractivity contribution in [3.05, 3.63) is 122 Å². The lowest BCUT2D eigenvalue weighted by molar-refractivity contribution is -0.302. The van der Waals surface area contributed by atoms with E-state index in [1.54, 1.807) is 6.08 Å². The summed E-state index contributed by atoms with van der Waals surface area (Å²) in [6.07, 6.45) is 99.0. The lowest BCUT2D eigenvalue weighted by Gasteiger charge is -2.40. The Bertz CT molecular complexity index is 1880. The van der Waals surface area contributed by atoms with Crippen molar-refractivity contribution in [1.82, 2.24) is 5.32 Å². The molecule has 92 heavy (non-hydrogen) atoms. The van der Waals surface area contributed by atoms with Crippen LogP contribution in [0, 0.1) is 0 Å². The normalized spacial score (nSPS) is 18.4. The maximum Gasteiger partial charge on any atom is 0.220 e. The summed E-state index contributed by atoms with van der Waals surface area (Å²) in [5.74, 6) is -0.186. The number of hydrogen-bond acceptors (Lipinski definition) is 8. The van der Waals surface area contributed by atoms with Gasteiger partial charge in [0, 0.05) is 6.42 Å². The van der Waals surface area contributed by atoms with Crippen LogP contribution in [0.25, 0.3) is 0 Å². The zero-order valence-electron chi connectivity index (χ0n) is 59.5. The number of aliphatic hydroxyl groups is 5. The minimum absolute atomic E-state index is 0.186. The van der Waals surface area contributed by atoms with Gasteiger partial charge in [0.25, 0.3) is 0 Å². The van der Waals surface area contributed by atoms with Crippen molar-refractivity contribution in [1.29, 1.82) is 0 Å². The molecule has 1 aliphatic rings. The predicted molar refractivity (Wildman–Crippen MR) is 396 cm³/mol. The van der Waals surface area contributed by atoms with Gasteiger partial charge in [0.05, 0.1) is 25.4 Å². The van der Waals surface area contributed by atoms with E-state index in [-0.39, 0.29) is 12.5 Å². The number of ether oxygens (including phenoxy) is 2. The van der Waals surface area contributed by atoms with Gasteiger partial charge in [-0.3, -0.25) is 4.79 Å². The van der Waals surface area contributed by atoms with Crippen LogP contribution in [0.5, 0.6) is 0 Å². The number of allylic oxidation sites excluding steroid dienone is 19. The summed E-state index contributed by atoms with van der Waals surface area (Å²) >= 11 is 0. The van der Waals surface area contributed by atoms with Crippen LogP contribution in [0.1, 0.15) is 341 Å². The molecule has 9 heteroatoms. The molecule has 0 aromatic carbocycles. The van der Waals surface area contributed by atoms with Crippen LogP contribution in [-0.2, 0) is 14.3 Å². The smallest absolute Gasteiger partial charge is 0.220 e. The van der Waals surface area contributed by atoms with Gasteiger partial charge >= 0.3 is 0 Å². The lowest BCUT2D eigenvalue weighted by atomic mass is 9.99. The molecular weight excluding hydrogens is 1140 g/mol. The molecule has 7 atom stereocenters. The summed E-state index contributed by atoms with van der Waals surface area (Å²) in [6, 6.07) is -0.830. The summed E-state index contributed by atoms with van der Waals surface area (Å²) in [5.41, 5.74) is 0. The molecule has 0 aromatic rings. The number of unbranched alkanes of at least 4 members (excludes halogenated alkanes) is 39. The van der Waals surface area contributed by atoms with Gasteiger partial charge in [-0.1, -0.05) is 360 Å². The fourth-order valence-corrected chi connectivity index (χ4v) is 11.8. The number of aliphatic hydroxyl groups excluding tert-OH is 5. The maximum atomic E-state index is 13.2. The predicted octanol–water partition coefficient (Wildman–Crippen LogP) is 22.1. The highest BCUT2D eigenvalue weighted by Crippen LogP contribution is 2.23. The Kier molecular flexibility index (Phi) is 66.3. The van der Waals surface area contributed by atoms with Crippen molar-refractivity contribution in [2.45, 2.75) is 384 Å². The first kappa shape index (κ1) is 86.6. The van der Waals surface area contributed by atoms with E-state index < -0.39 is 49.5 Å². The molecule has 530 valence electrons. The summed E-state index contributed by atoms with van der Waals surface area (Å²) in [7, 11) is 0. The molecule has 1 saturated heterocycles. The highest BCUT2D eigenvalue weighted by molar-refractivity contribution is 5.76. The van der Waals surface area contributed by atoms with Crippen molar-refractivity contribution in [3.8, 4) is 0 Å². The molecule has 0 aromatic heterocycles. The number of amides is 1. The Hall–Kier alpha value is -3.41. The summed E-state index contributed by atoms with van der Waals surface area (Å²) in [4.78, 5) is 13.2. The van der Waals surface area contributed by atoms with Gasteiger partial charge in [-0.25, -0.2) is 0 Å². The van der Waals surface area contributed by atoms with E-state index in [2.05, 4.69) is 129 Å². The van der Waals surface area contributed by atoms with Crippen LogP contribution in [-0.4, -0.2) is 87.5 Å². The summed E-state index contributed by atoms with van der Waals surface area (Å²) < 4.78 is 11.3. The molecular formula is C83H145NO8. The van der Waals surface area contributed by atoms with Crippen LogP contribution in [0.3, 0.4) is 0 Å². The average molecular weight is 1290 g/mol. The molecule has 1 aliphatic heterocycles. The van der Waals surface area contributed by atoms with Crippen LogP contribution < -0.4 is 5.32 Å². The molecule has 0 saturated carbocycles. The van der Waals surface area contributed by atoms with Crippen molar-refractivity contribution in [2.24, 2.45) is 0 Å². The number of nitrogens with one attached hydrogen (secondary N) is 1. The summed E-state index contributed by atoms with van der Waals surface area (Å²) in [6.45, 7) is 3.68. The Morgan fingerprint density at radius 3 is 1.04 bits per heavy atom. The molecule has 0 radical (unpaired) electrons. The first-order valence-corrected chi connectivity index (χ1v) is 38.8. The standard InChI is InChI=1S/C83H145NO8/c1-3-5-7-9-11-13-15-17-19-21-23-25-27-29-31-33-34-35-36-37-38-39-40-41-42-43-44-45-47-49-51-53-55-57-59-61-63-65-67-69-71-73-79(87)84-76(75-91-83-82(90)81(89)80(88)78(74-85)92-83)77(86)72-70-68-66-64-62-60-58-56-54-52-50-48-46-32-30-28-26-24-22-20-18-16-14-12-10-8-6-4-2/h5,7,11,13,17,19,23,25,29,31,34-35,37-38,40-41,62,64,70,72,76-78,80-83,85-86,88-90H,3-4,6,8-10,12,14-16,18,20-22,24,26-28,30,32-33,36,39,42-61,63,65-69,71,73-75H2,1-2H3,(H,84,87)/b7-5-,13-11-,19-17-,25-23-,31-29-,35-34-,38-37-,41-40-,64-62+,72-70+. The van der Waals surface area contributed by atoms with E-state index in [1.807, 2.05) is 6.08 Å². The quantitative estimate of drug-likeness (QED) is 0.0261. The highest BCUT2D eigenvalue weighted by atomic mass is 16.7. The van der Waals surface area contributed by atoms with E-state index in [4.69, 9.17) is 9.47 Å². The molecule has 1 heterocycles. The zero-order chi connectivity index (χ0) is 66.4. The van der Waals surface area contributed by atoms with Crippen molar-refractivity contribution in [3.63, 3.8) is 0 Å². The number of carbonyl (C=O) groups excluding carboxylic acids is 1. The van der Waals surface area contributed by atoms with Crippen LogP contribution in [0.2, 0.25) is 0 Å². The van der Waals surface area contributed by atoms with E-state index in [0.717, 1.165) is 89.9 Å². The van der Waals surface area contributed by atoms with E-state index in [9.17, 15) is 30.3 Å². The third-order valence-electron chi connectivity index (χ3n) is 17.8. The number of rotatable bonds is 67. The molecule has 1 rings (SSSR count). The van der Waals surface area contributed by atoms with Gasteiger partial charge in [-0.05, 0) is 96.3 Å². The third-order valence-corrected chi connectivity index (χ3v) is 17.8. The molecule has 9 nitrogen and oxygen atoms in total. The van der Waals surface area contributed by atoms with Gasteiger partial charge in [-0.15, -0.1) is 0 Å². The van der Waals surface area contributed by atoms with Gasteiger partial charge < -0.3 is 40.3 Å². The molecule has 0 aliphatic carbocycles. The Balaban J connectivity index is 2.11. The monoisotopic (exact) mass is 1280 g/mol. The first-order valence-electron chi connectivity index (χ1n) is 38.8. The Labute approximate surface area is 567 Å². The van der Waals surface area contributed by atoms with E-state index in [1.165, 1.54) is 231 Å². The van der Waals surface area contributed by atoms with E-state index >= 15 is 0 Å². The molecule has 7 unspecified atom stereocenters. The Morgan fingerprint density at radius 1 is 0.380 bits per heavy atom. The maximum absolute atomic E-state index is 13.2. The van der Waals surface area contributed by atoms with Crippen LogP contribution in [0.4, 0.5) is 0 Å². The molecule has 6 N–H and O–H groups in total. The fourth-order valence-electron chi connectivity index (χ4n) is 11.8. The molecule has 1 amide bonds. The van der Waals surface area contributed by atoms with Gasteiger partial charge in [-0.2, -0.15) is 0 Å². The minimum Gasteiger partial charge on any atom is -0.394 e.